The third-order valence-electron chi connectivity index (χ3n) is 2.77. The second-order valence-electron chi connectivity index (χ2n) is 4.22. The van der Waals surface area contributed by atoms with Gasteiger partial charge in [0.05, 0.1) is 5.69 Å². The molecule has 2 rings (SSSR count). The summed E-state index contributed by atoms with van der Waals surface area (Å²) in [5.74, 6) is 0.113. The van der Waals surface area contributed by atoms with Gasteiger partial charge in [0.2, 0.25) is 5.91 Å². The van der Waals surface area contributed by atoms with E-state index >= 15 is 0 Å². The quantitative estimate of drug-likeness (QED) is 0.810. The van der Waals surface area contributed by atoms with E-state index in [1.165, 1.54) is 6.39 Å². The molecule has 0 N–H and O–H groups in total. The molecule has 1 aromatic heterocycles. The molecule has 94 valence electrons. The Kier molecular flexibility index (Phi) is 4.12. The molecule has 0 aliphatic carbocycles. The third-order valence-corrected chi connectivity index (χ3v) is 2.77. The van der Waals surface area contributed by atoms with Crippen LogP contribution in [-0.2, 0) is 17.8 Å². The van der Waals surface area contributed by atoms with Crippen LogP contribution in [0.3, 0.4) is 0 Å². The summed E-state index contributed by atoms with van der Waals surface area (Å²) >= 11 is 0. The van der Waals surface area contributed by atoms with Gasteiger partial charge in [-0.25, -0.2) is 4.98 Å². The Labute approximate surface area is 106 Å². The van der Waals surface area contributed by atoms with Crippen LogP contribution >= 0.6 is 0 Å². The molecular formula is C14H16N2O2. The summed E-state index contributed by atoms with van der Waals surface area (Å²) in [6.07, 6.45) is 4.03. The number of carbonyl (C=O) groups is 1. The third kappa shape index (κ3) is 3.45. The maximum absolute atomic E-state index is 11.9. The van der Waals surface area contributed by atoms with Gasteiger partial charge in [-0.2, -0.15) is 0 Å². The van der Waals surface area contributed by atoms with E-state index in [1.54, 1.807) is 11.2 Å². The molecule has 4 nitrogen and oxygen atoms in total. The number of benzene rings is 1. The lowest BCUT2D eigenvalue weighted by atomic mass is 10.2. The van der Waals surface area contributed by atoms with Crippen molar-refractivity contribution in [3.05, 3.63) is 54.2 Å². The summed E-state index contributed by atoms with van der Waals surface area (Å²) in [6.45, 7) is 0.637. The van der Waals surface area contributed by atoms with E-state index < -0.39 is 0 Å². The highest BCUT2D eigenvalue weighted by Gasteiger charge is 2.10. The number of aryl methyl sites for hydroxylation is 1. The summed E-state index contributed by atoms with van der Waals surface area (Å²) < 4.78 is 4.87. The number of rotatable bonds is 5. The maximum atomic E-state index is 11.9. The van der Waals surface area contributed by atoms with Crippen molar-refractivity contribution in [3.8, 4) is 0 Å². The first-order valence-electron chi connectivity index (χ1n) is 5.90. The Hall–Kier alpha value is -2.10. The molecule has 0 spiro atoms. The van der Waals surface area contributed by atoms with Gasteiger partial charge >= 0.3 is 0 Å². The Balaban J connectivity index is 1.82. The molecule has 0 atom stereocenters. The summed E-state index contributed by atoms with van der Waals surface area (Å²) in [5, 5.41) is 0. The average molecular weight is 244 g/mol. The van der Waals surface area contributed by atoms with Gasteiger partial charge < -0.3 is 9.32 Å². The Morgan fingerprint density at radius 2 is 2.11 bits per heavy atom. The van der Waals surface area contributed by atoms with Gasteiger partial charge in [0, 0.05) is 26.4 Å². The van der Waals surface area contributed by atoms with Crippen LogP contribution in [0.25, 0.3) is 0 Å². The fraction of sp³-hybridized carbons (Fsp3) is 0.286. The van der Waals surface area contributed by atoms with Gasteiger partial charge in [0.1, 0.15) is 6.26 Å². The monoisotopic (exact) mass is 244 g/mol. The SMILES string of the molecule is CN(Cc1ccccc1)C(=O)CCc1cocn1. The Bertz CT molecular complexity index is 480. The zero-order chi connectivity index (χ0) is 12.8. The van der Waals surface area contributed by atoms with Gasteiger partial charge in [0.15, 0.2) is 6.39 Å². The van der Waals surface area contributed by atoms with E-state index in [-0.39, 0.29) is 5.91 Å². The van der Waals surface area contributed by atoms with E-state index in [1.807, 2.05) is 37.4 Å². The number of carbonyl (C=O) groups excluding carboxylic acids is 1. The molecule has 1 amide bonds. The standard InChI is InChI=1S/C14H16N2O2/c1-16(9-12-5-3-2-4-6-12)14(17)8-7-13-10-18-11-15-13/h2-6,10-11H,7-9H2,1H3. The first-order valence-corrected chi connectivity index (χ1v) is 5.90. The summed E-state index contributed by atoms with van der Waals surface area (Å²) in [7, 11) is 1.82. The minimum atomic E-state index is 0.113. The molecule has 0 bridgehead atoms. The zero-order valence-corrected chi connectivity index (χ0v) is 10.4. The molecule has 18 heavy (non-hydrogen) atoms. The number of hydrogen-bond acceptors (Lipinski definition) is 3. The van der Waals surface area contributed by atoms with Gasteiger partial charge in [0.25, 0.3) is 0 Å². The molecule has 0 aliphatic heterocycles. The van der Waals surface area contributed by atoms with Crippen LogP contribution in [0.15, 0.2) is 47.4 Å². The molecular weight excluding hydrogens is 228 g/mol. The molecule has 4 heteroatoms. The van der Waals surface area contributed by atoms with Crippen LogP contribution in [0.4, 0.5) is 0 Å². The molecule has 0 radical (unpaired) electrons. The lowest BCUT2D eigenvalue weighted by Gasteiger charge is -2.16. The number of oxazole rings is 1. The van der Waals surface area contributed by atoms with Crippen LogP contribution in [0.2, 0.25) is 0 Å². The van der Waals surface area contributed by atoms with Gasteiger partial charge in [-0.15, -0.1) is 0 Å². The lowest BCUT2D eigenvalue weighted by molar-refractivity contribution is -0.130. The second-order valence-corrected chi connectivity index (χ2v) is 4.22. The van der Waals surface area contributed by atoms with Crippen molar-refractivity contribution in [2.75, 3.05) is 7.05 Å². The zero-order valence-electron chi connectivity index (χ0n) is 10.4. The molecule has 2 aromatic rings. The summed E-state index contributed by atoms with van der Waals surface area (Å²) in [5.41, 5.74) is 1.95. The van der Waals surface area contributed by atoms with Gasteiger partial charge in [-0.05, 0) is 5.56 Å². The highest BCUT2D eigenvalue weighted by molar-refractivity contribution is 5.76. The highest BCUT2D eigenvalue weighted by atomic mass is 16.3. The normalized spacial score (nSPS) is 10.3. The molecule has 0 unspecified atom stereocenters. The van der Waals surface area contributed by atoms with Crippen molar-refractivity contribution in [2.45, 2.75) is 19.4 Å². The molecule has 1 heterocycles. The Morgan fingerprint density at radius 1 is 1.33 bits per heavy atom. The van der Waals surface area contributed by atoms with E-state index in [0.29, 0.717) is 19.4 Å². The van der Waals surface area contributed by atoms with Crippen molar-refractivity contribution in [3.63, 3.8) is 0 Å². The average Bonchev–Trinajstić information content (AvgIpc) is 2.90. The van der Waals surface area contributed by atoms with Crippen molar-refractivity contribution >= 4 is 5.91 Å². The predicted octanol–water partition coefficient (Wildman–Crippen LogP) is 2.27. The van der Waals surface area contributed by atoms with Gasteiger partial charge in [-0.1, -0.05) is 30.3 Å². The minimum Gasteiger partial charge on any atom is -0.451 e. The largest absolute Gasteiger partial charge is 0.451 e. The summed E-state index contributed by atoms with van der Waals surface area (Å²) in [4.78, 5) is 17.6. The van der Waals surface area contributed by atoms with Crippen LogP contribution in [0.1, 0.15) is 17.7 Å². The van der Waals surface area contributed by atoms with Crippen LogP contribution in [0.5, 0.6) is 0 Å². The van der Waals surface area contributed by atoms with Crippen LogP contribution in [0, 0.1) is 0 Å². The first kappa shape index (κ1) is 12.4. The molecule has 0 saturated carbocycles. The topological polar surface area (TPSA) is 46.3 Å². The Morgan fingerprint density at radius 3 is 2.78 bits per heavy atom. The number of amides is 1. The van der Waals surface area contributed by atoms with E-state index in [2.05, 4.69) is 4.98 Å². The molecule has 0 fully saturated rings. The van der Waals surface area contributed by atoms with Crippen molar-refractivity contribution in [1.82, 2.24) is 9.88 Å². The molecule has 0 aliphatic rings. The fourth-order valence-electron chi connectivity index (χ4n) is 1.73. The minimum absolute atomic E-state index is 0.113. The number of hydrogen-bond donors (Lipinski definition) is 0. The number of aromatic nitrogens is 1. The van der Waals surface area contributed by atoms with Crippen molar-refractivity contribution in [2.24, 2.45) is 0 Å². The molecule has 1 aromatic carbocycles. The second kappa shape index (κ2) is 6.00. The van der Waals surface area contributed by atoms with Gasteiger partial charge in [-0.3, -0.25) is 4.79 Å². The van der Waals surface area contributed by atoms with Crippen LogP contribution < -0.4 is 0 Å². The van der Waals surface area contributed by atoms with E-state index in [0.717, 1.165) is 11.3 Å². The van der Waals surface area contributed by atoms with E-state index in [9.17, 15) is 4.79 Å². The smallest absolute Gasteiger partial charge is 0.223 e. The first-order chi connectivity index (χ1) is 8.75. The maximum Gasteiger partial charge on any atom is 0.223 e. The predicted molar refractivity (Wildman–Crippen MR) is 67.7 cm³/mol. The summed E-state index contributed by atoms with van der Waals surface area (Å²) in [6, 6.07) is 9.95. The lowest BCUT2D eigenvalue weighted by Crippen LogP contribution is -2.26. The van der Waals surface area contributed by atoms with Crippen molar-refractivity contribution < 1.29 is 9.21 Å². The molecule has 0 saturated heterocycles. The van der Waals surface area contributed by atoms with Crippen molar-refractivity contribution in [1.29, 1.82) is 0 Å². The van der Waals surface area contributed by atoms with E-state index in [4.69, 9.17) is 4.42 Å². The van der Waals surface area contributed by atoms with Crippen LogP contribution in [-0.4, -0.2) is 22.8 Å². The fourth-order valence-corrected chi connectivity index (χ4v) is 1.73. The highest BCUT2D eigenvalue weighted by Crippen LogP contribution is 2.06. The number of nitrogens with zero attached hydrogens (tertiary/aromatic N) is 2.